The maximum absolute atomic E-state index is 12.6. The predicted octanol–water partition coefficient (Wildman–Crippen LogP) is 1.58. The lowest BCUT2D eigenvalue weighted by molar-refractivity contribution is -0.119. The molecule has 1 fully saturated rings. The van der Waals surface area contributed by atoms with E-state index in [4.69, 9.17) is 10.5 Å². The van der Waals surface area contributed by atoms with Crippen molar-refractivity contribution in [1.82, 2.24) is 10.6 Å². The van der Waals surface area contributed by atoms with Gasteiger partial charge in [0.05, 0.1) is 23.8 Å². The topological polar surface area (TPSA) is 117 Å². The lowest BCUT2D eigenvalue weighted by atomic mass is 9.88. The molecule has 1 aliphatic carbocycles. The molecule has 0 aromatic heterocycles. The molecule has 8 heteroatoms. The minimum atomic E-state index is -0.673. The number of ether oxygens (including phenoxy) is 1. The third-order valence-electron chi connectivity index (χ3n) is 4.14. The molecule has 1 saturated carbocycles. The van der Waals surface area contributed by atoms with Crippen molar-refractivity contribution in [3.05, 3.63) is 40.4 Å². The average Bonchev–Trinajstić information content (AvgIpc) is 3.34. The SMILES string of the molecule is COc1ccc(C2C(C#N)=C(N)SC2C(=O)NC(=O)NC2CC2)cc1. The molecule has 4 N–H and O–H groups in total. The number of nitriles is 1. The van der Waals surface area contributed by atoms with Gasteiger partial charge in [-0.05, 0) is 30.5 Å². The summed E-state index contributed by atoms with van der Waals surface area (Å²) in [7, 11) is 1.56. The van der Waals surface area contributed by atoms with Crippen molar-refractivity contribution < 1.29 is 14.3 Å². The number of nitrogens with zero attached hydrogens (tertiary/aromatic N) is 1. The maximum atomic E-state index is 12.6. The molecule has 1 aromatic carbocycles. The molecule has 2 aliphatic rings. The van der Waals surface area contributed by atoms with Crippen LogP contribution in [0.4, 0.5) is 4.79 Å². The van der Waals surface area contributed by atoms with Crippen LogP contribution >= 0.6 is 11.8 Å². The second-order valence-corrected chi connectivity index (χ2v) is 7.10. The minimum Gasteiger partial charge on any atom is -0.497 e. The van der Waals surface area contributed by atoms with Gasteiger partial charge in [0.1, 0.15) is 11.0 Å². The van der Waals surface area contributed by atoms with Gasteiger partial charge in [0, 0.05) is 12.0 Å². The van der Waals surface area contributed by atoms with Gasteiger partial charge in [0.15, 0.2) is 0 Å². The highest BCUT2D eigenvalue weighted by Gasteiger charge is 2.41. The van der Waals surface area contributed by atoms with Crippen LogP contribution in [0.2, 0.25) is 0 Å². The first kappa shape index (κ1) is 17.2. The van der Waals surface area contributed by atoms with Crippen LogP contribution in [0.3, 0.4) is 0 Å². The molecule has 1 aromatic rings. The van der Waals surface area contributed by atoms with Crippen LogP contribution in [0.5, 0.6) is 5.75 Å². The molecule has 1 aliphatic heterocycles. The summed E-state index contributed by atoms with van der Waals surface area (Å²) in [6.07, 6.45) is 1.86. The molecule has 0 bridgehead atoms. The highest BCUT2D eigenvalue weighted by Crippen LogP contribution is 2.45. The molecular formula is C17H18N4O3S. The van der Waals surface area contributed by atoms with Crippen molar-refractivity contribution in [2.24, 2.45) is 5.73 Å². The van der Waals surface area contributed by atoms with Crippen LogP contribution < -0.4 is 21.1 Å². The third-order valence-corrected chi connectivity index (χ3v) is 5.35. The maximum Gasteiger partial charge on any atom is 0.321 e. The second-order valence-electron chi connectivity index (χ2n) is 5.92. The number of nitrogens with one attached hydrogen (secondary N) is 2. The number of imide groups is 1. The van der Waals surface area contributed by atoms with E-state index in [-0.39, 0.29) is 6.04 Å². The first-order valence-corrected chi connectivity index (χ1v) is 8.73. The summed E-state index contributed by atoms with van der Waals surface area (Å²) in [4.78, 5) is 24.4. The van der Waals surface area contributed by atoms with Crippen molar-refractivity contribution in [1.29, 1.82) is 5.26 Å². The van der Waals surface area contributed by atoms with E-state index in [0.717, 1.165) is 30.2 Å². The first-order valence-electron chi connectivity index (χ1n) is 7.85. The fraction of sp³-hybridized carbons (Fsp3) is 0.353. The van der Waals surface area contributed by atoms with Crippen molar-refractivity contribution in [3.8, 4) is 11.8 Å². The average molecular weight is 358 g/mol. The van der Waals surface area contributed by atoms with Crippen molar-refractivity contribution in [2.45, 2.75) is 30.1 Å². The molecule has 3 amide bonds. The number of allylic oxidation sites excluding steroid dienone is 1. The highest BCUT2D eigenvalue weighted by molar-refractivity contribution is 8.04. The number of thioether (sulfide) groups is 1. The van der Waals surface area contributed by atoms with Crippen molar-refractivity contribution in [2.75, 3.05) is 7.11 Å². The molecule has 7 nitrogen and oxygen atoms in total. The summed E-state index contributed by atoms with van der Waals surface area (Å²) >= 11 is 1.11. The number of carbonyl (C=O) groups is 2. The Balaban J connectivity index is 1.80. The normalized spacial score (nSPS) is 22.2. The van der Waals surface area contributed by atoms with Gasteiger partial charge in [-0.3, -0.25) is 10.1 Å². The lowest BCUT2D eigenvalue weighted by Gasteiger charge is -2.19. The van der Waals surface area contributed by atoms with Crippen molar-refractivity contribution in [3.63, 3.8) is 0 Å². The van der Waals surface area contributed by atoms with E-state index in [9.17, 15) is 14.9 Å². The summed E-state index contributed by atoms with van der Waals surface area (Å²) in [5, 5.41) is 14.1. The molecule has 0 radical (unpaired) electrons. The third kappa shape index (κ3) is 3.72. The zero-order valence-electron chi connectivity index (χ0n) is 13.6. The standard InChI is InChI=1S/C17H18N4O3S/c1-24-11-6-2-9(3-7-11)13-12(8-18)15(19)25-14(13)16(22)21-17(23)20-10-4-5-10/h2-3,6-7,10,13-14H,4-5,19H2,1H3,(H2,20,21,22,23). The number of hydrogen-bond acceptors (Lipinski definition) is 6. The second kappa shape index (κ2) is 7.07. The van der Waals surface area contributed by atoms with Crippen LogP contribution in [0.25, 0.3) is 0 Å². The predicted molar refractivity (Wildman–Crippen MR) is 93.6 cm³/mol. The minimum absolute atomic E-state index is 0.152. The molecule has 0 spiro atoms. The van der Waals surface area contributed by atoms with E-state index in [1.165, 1.54) is 0 Å². The molecule has 25 heavy (non-hydrogen) atoms. The van der Waals surface area contributed by atoms with Crippen LogP contribution in [-0.2, 0) is 4.79 Å². The van der Waals surface area contributed by atoms with Crippen LogP contribution in [0.15, 0.2) is 34.9 Å². The zero-order chi connectivity index (χ0) is 18.0. The van der Waals surface area contributed by atoms with Gasteiger partial charge in [-0.2, -0.15) is 5.26 Å². The Morgan fingerprint density at radius 1 is 1.32 bits per heavy atom. The molecular weight excluding hydrogens is 340 g/mol. The van der Waals surface area contributed by atoms with E-state index >= 15 is 0 Å². The summed E-state index contributed by atoms with van der Waals surface area (Å²) < 4.78 is 5.14. The van der Waals surface area contributed by atoms with Gasteiger partial charge >= 0.3 is 6.03 Å². The Kier molecular flexibility index (Phi) is 4.86. The van der Waals surface area contributed by atoms with E-state index in [0.29, 0.717) is 16.4 Å². The van der Waals surface area contributed by atoms with Gasteiger partial charge in [0.2, 0.25) is 5.91 Å². The number of hydrogen-bond donors (Lipinski definition) is 3. The summed E-state index contributed by atoms with van der Waals surface area (Å²) in [6.45, 7) is 0. The van der Waals surface area contributed by atoms with E-state index in [1.54, 1.807) is 31.4 Å². The fourth-order valence-electron chi connectivity index (χ4n) is 2.69. The fourth-order valence-corrected chi connectivity index (χ4v) is 3.86. The number of urea groups is 1. The Labute approximate surface area is 149 Å². The van der Waals surface area contributed by atoms with Gasteiger partial charge in [-0.15, -0.1) is 0 Å². The van der Waals surface area contributed by atoms with Gasteiger partial charge in [0.25, 0.3) is 0 Å². The van der Waals surface area contributed by atoms with Crippen LogP contribution in [0, 0.1) is 11.3 Å². The van der Waals surface area contributed by atoms with E-state index in [1.807, 2.05) is 0 Å². The van der Waals surface area contributed by atoms with Crippen molar-refractivity contribution >= 4 is 23.7 Å². The highest BCUT2D eigenvalue weighted by atomic mass is 32.2. The molecule has 1 heterocycles. The Hall–Kier alpha value is -2.66. The molecule has 0 saturated heterocycles. The van der Waals surface area contributed by atoms with Crippen LogP contribution in [0.1, 0.15) is 24.3 Å². The summed E-state index contributed by atoms with van der Waals surface area (Å²) in [5.74, 6) is -0.290. The van der Waals surface area contributed by atoms with Gasteiger partial charge in [-0.1, -0.05) is 23.9 Å². The lowest BCUT2D eigenvalue weighted by Crippen LogP contribution is -2.45. The summed E-state index contributed by atoms with van der Waals surface area (Å²) in [5.41, 5.74) is 7.05. The van der Waals surface area contributed by atoms with E-state index in [2.05, 4.69) is 16.7 Å². The Morgan fingerprint density at radius 3 is 2.56 bits per heavy atom. The quantitative estimate of drug-likeness (QED) is 0.752. The monoisotopic (exact) mass is 358 g/mol. The number of nitrogens with two attached hydrogens (primary N) is 1. The first-order chi connectivity index (χ1) is 12.0. The van der Waals surface area contributed by atoms with E-state index < -0.39 is 23.1 Å². The summed E-state index contributed by atoms with van der Waals surface area (Å²) in [6, 6.07) is 8.85. The molecule has 2 atom stereocenters. The largest absolute Gasteiger partial charge is 0.497 e. The van der Waals surface area contributed by atoms with Gasteiger partial charge in [-0.25, -0.2) is 4.79 Å². The number of rotatable bonds is 4. The molecule has 2 unspecified atom stereocenters. The number of methoxy groups -OCH3 is 1. The Bertz CT molecular complexity index is 765. The number of carbonyl (C=O) groups excluding carboxylic acids is 2. The molecule has 3 rings (SSSR count). The van der Waals surface area contributed by atoms with Gasteiger partial charge < -0.3 is 15.8 Å². The smallest absolute Gasteiger partial charge is 0.321 e. The van der Waals surface area contributed by atoms with Crippen LogP contribution in [-0.4, -0.2) is 30.3 Å². The Morgan fingerprint density at radius 2 is 2.00 bits per heavy atom. The molecule has 130 valence electrons. The number of benzene rings is 1. The number of amides is 3. The zero-order valence-corrected chi connectivity index (χ0v) is 14.4.